The van der Waals surface area contributed by atoms with Crippen molar-refractivity contribution < 1.29 is 9.53 Å². The molecule has 0 heterocycles. The number of hydrogen-bond donors (Lipinski definition) is 1. The minimum Gasteiger partial charge on any atom is -0.469 e. The van der Waals surface area contributed by atoms with E-state index in [0.29, 0.717) is 6.42 Å². The molecule has 0 unspecified atom stereocenters. The van der Waals surface area contributed by atoms with Crippen LogP contribution in [0.2, 0.25) is 0 Å². The molecule has 1 aromatic rings. The fraction of sp³-hybridized carbons (Fsp3) is 0.364. The molecular weight excluding hydrogens is 293 g/mol. The molecule has 0 bridgehead atoms. The lowest BCUT2D eigenvalue weighted by molar-refractivity contribution is -0.140. The van der Waals surface area contributed by atoms with E-state index in [1.165, 1.54) is 7.11 Å². The van der Waals surface area contributed by atoms with Crippen LogP contribution in [0.4, 0.5) is 0 Å². The van der Waals surface area contributed by atoms with Gasteiger partial charge in [-0.2, -0.15) is 0 Å². The van der Waals surface area contributed by atoms with Crippen LogP contribution in [0.1, 0.15) is 12.0 Å². The number of methoxy groups -OCH3 is 1. The zero-order valence-corrected chi connectivity index (χ0v) is 11.4. The van der Waals surface area contributed by atoms with E-state index < -0.39 is 0 Å². The Morgan fingerprint density at radius 2 is 2.25 bits per heavy atom. The molecule has 0 fully saturated rings. The van der Waals surface area contributed by atoms with Crippen LogP contribution in [0.15, 0.2) is 28.7 Å². The molecule has 0 aliphatic heterocycles. The molecule has 0 aliphatic carbocycles. The van der Waals surface area contributed by atoms with Gasteiger partial charge in [-0.25, -0.2) is 0 Å². The number of halogens is 2. The average Bonchev–Trinajstić information content (AvgIpc) is 2.17. The van der Waals surface area contributed by atoms with Crippen LogP contribution in [0, 0.1) is 0 Å². The van der Waals surface area contributed by atoms with E-state index in [1.807, 2.05) is 24.3 Å². The van der Waals surface area contributed by atoms with Gasteiger partial charge in [-0.05, 0) is 24.1 Å². The van der Waals surface area contributed by atoms with Gasteiger partial charge in [0.25, 0.3) is 0 Å². The molecule has 0 amide bonds. The Morgan fingerprint density at radius 1 is 1.56 bits per heavy atom. The Kier molecular flexibility index (Phi) is 7.38. The summed E-state index contributed by atoms with van der Waals surface area (Å²) in [5.41, 5.74) is 6.93. The molecule has 0 saturated carbocycles. The zero-order valence-electron chi connectivity index (χ0n) is 8.98. The van der Waals surface area contributed by atoms with Crippen molar-refractivity contribution in [2.45, 2.75) is 18.9 Å². The van der Waals surface area contributed by atoms with Crippen LogP contribution in [-0.2, 0) is 16.0 Å². The summed E-state index contributed by atoms with van der Waals surface area (Å²) in [4.78, 5) is 11.0. The second kappa shape index (κ2) is 7.65. The van der Waals surface area contributed by atoms with Gasteiger partial charge in [0, 0.05) is 10.5 Å². The largest absolute Gasteiger partial charge is 0.469 e. The van der Waals surface area contributed by atoms with Crippen LogP contribution in [-0.4, -0.2) is 19.1 Å². The monoisotopic (exact) mass is 307 g/mol. The van der Waals surface area contributed by atoms with E-state index in [4.69, 9.17) is 5.73 Å². The van der Waals surface area contributed by atoms with E-state index in [0.717, 1.165) is 10.0 Å². The molecule has 0 aromatic heterocycles. The molecule has 0 spiro atoms. The second-order valence-corrected chi connectivity index (χ2v) is 4.29. The Hall–Kier alpha value is -0.580. The van der Waals surface area contributed by atoms with Crippen molar-refractivity contribution in [2.75, 3.05) is 7.11 Å². The standard InChI is InChI=1S/C11H14BrNO2.ClH/c1-15-11(14)7-10(13)6-8-3-2-4-9(12)5-8;/h2-5,10H,6-7,13H2,1H3;1H/t10-;/m1./s1. The van der Waals surface area contributed by atoms with Crippen LogP contribution >= 0.6 is 28.3 Å². The second-order valence-electron chi connectivity index (χ2n) is 3.37. The third kappa shape index (κ3) is 5.49. The van der Waals surface area contributed by atoms with Crippen LogP contribution in [0.25, 0.3) is 0 Å². The lowest BCUT2D eigenvalue weighted by Gasteiger charge is -2.10. The van der Waals surface area contributed by atoms with Gasteiger partial charge in [0.05, 0.1) is 13.5 Å². The number of nitrogens with two attached hydrogens (primary N) is 1. The molecule has 0 saturated heterocycles. The van der Waals surface area contributed by atoms with E-state index >= 15 is 0 Å². The molecule has 1 atom stereocenters. The SMILES string of the molecule is COC(=O)C[C@H](N)Cc1cccc(Br)c1.Cl. The van der Waals surface area contributed by atoms with Crippen molar-refractivity contribution >= 4 is 34.3 Å². The summed E-state index contributed by atoms with van der Waals surface area (Å²) in [5.74, 6) is -0.266. The third-order valence-corrected chi connectivity index (χ3v) is 2.54. The van der Waals surface area contributed by atoms with Gasteiger partial charge in [-0.1, -0.05) is 28.1 Å². The Labute approximate surface area is 110 Å². The van der Waals surface area contributed by atoms with Crippen molar-refractivity contribution in [1.82, 2.24) is 0 Å². The molecule has 0 radical (unpaired) electrons. The van der Waals surface area contributed by atoms with Gasteiger partial charge in [-0.15, -0.1) is 12.4 Å². The maximum atomic E-state index is 11.0. The predicted molar refractivity (Wildman–Crippen MR) is 69.7 cm³/mol. The van der Waals surface area contributed by atoms with Crippen molar-refractivity contribution in [1.29, 1.82) is 0 Å². The van der Waals surface area contributed by atoms with Crippen molar-refractivity contribution in [3.05, 3.63) is 34.3 Å². The van der Waals surface area contributed by atoms with E-state index in [9.17, 15) is 4.79 Å². The number of carbonyl (C=O) groups is 1. The molecule has 1 rings (SSSR count). The van der Waals surface area contributed by atoms with E-state index in [1.54, 1.807) is 0 Å². The molecule has 5 heteroatoms. The Morgan fingerprint density at radius 3 is 2.81 bits per heavy atom. The average molecular weight is 309 g/mol. The van der Waals surface area contributed by atoms with Crippen LogP contribution in [0.3, 0.4) is 0 Å². The van der Waals surface area contributed by atoms with Gasteiger partial charge in [-0.3, -0.25) is 4.79 Å². The summed E-state index contributed by atoms with van der Waals surface area (Å²) < 4.78 is 5.57. The number of ether oxygens (including phenoxy) is 1. The Balaban J connectivity index is 0.00000225. The van der Waals surface area contributed by atoms with Crippen molar-refractivity contribution in [3.8, 4) is 0 Å². The number of esters is 1. The smallest absolute Gasteiger partial charge is 0.307 e. The number of hydrogen-bond acceptors (Lipinski definition) is 3. The fourth-order valence-corrected chi connectivity index (χ4v) is 1.78. The summed E-state index contributed by atoms with van der Waals surface area (Å²) in [5, 5.41) is 0. The highest BCUT2D eigenvalue weighted by Crippen LogP contribution is 2.13. The van der Waals surface area contributed by atoms with Gasteiger partial charge in [0.2, 0.25) is 0 Å². The molecule has 16 heavy (non-hydrogen) atoms. The highest BCUT2D eigenvalue weighted by atomic mass is 79.9. The van der Waals surface area contributed by atoms with Gasteiger partial charge in [0.1, 0.15) is 0 Å². The molecule has 2 N–H and O–H groups in total. The summed E-state index contributed by atoms with van der Waals surface area (Å²) in [6.45, 7) is 0. The number of benzene rings is 1. The summed E-state index contributed by atoms with van der Waals surface area (Å²) >= 11 is 3.38. The number of carbonyl (C=O) groups excluding carboxylic acids is 1. The van der Waals surface area contributed by atoms with Gasteiger partial charge in [0.15, 0.2) is 0 Å². The molecule has 90 valence electrons. The van der Waals surface area contributed by atoms with Crippen LogP contribution < -0.4 is 5.73 Å². The van der Waals surface area contributed by atoms with Crippen molar-refractivity contribution in [3.63, 3.8) is 0 Å². The fourth-order valence-electron chi connectivity index (χ4n) is 1.34. The minimum atomic E-state index is -0.266. The third-order valence-electron chi connectivity index (χ3n) is 2.04. The summed E-state index contributed by atoms with van der Waals surface area (Å²) in [7, 11) is 1.37. The van der Waals surface area contributed by atoms with E-state index in [-0.39, 0.29) is 30.8 Å². The first kappa shape index (κ1) is 15.4. The molecular formula is C11H15BrClNO2. The maximum Gasteiger partial charge on any atom is 0.307 e. The normalized spacial score (nSPS) is 11.4. The highest BCUT2D eigenvalue weighted by Gasteiger charge is 2.10. The topological polar surface area (TPSA) is 52.3 Å². The maximum absolute atomic E-state index is 11.0. The quantitative estimate of drug-likeness (QED) is 0.868. The van der Waals surface area contributed by atoms with Gasteiger partial charge >= 0.3 is 5.97 Å². The summed E-state index contributed by atoms with van der Waals surface area (Å²) in [6, 6.07) is 7.70. The highest BCUT2D eigenvalue weighted by molar-refractivity contribution is 9.10. The first-order valence-corrected chi connectivity index (χ1v) is 5.48. The molecule has 0 aliphatic rings. The van der Waals surface area contributed by atoms with Gasteiger partial charge < -0.3 is 10.5 Å². The molecule has 1 aromatic carbocycles. The summed E-state index contributed by atoms with van der Waals surface area (Å²) in [6.07, 6.45) is 0.928. The first-order valence-electron chi connectivity index (χ1n) is 4.68. The Bertz CT molecular complexity index is 347. The lowest BCUT2D eigenvalue weighted by atomic mass is 10.0. The van der Waals surface area contributed by atoms with Crippen LogP contribution in [0.5, 0.6) is 0 Å². The first-order chi connectivity index (χ1) is 7.11. The zero-order chi connectivity index (χ0) is 11.3. The lowest BCUT2D eigenvalue weighted by Crippen LogP contribution is -2.26. The van der Waals surface area contributed by atoms with E-state index in [2.05, 4.69) is 20.7 Å². The predicted octanol–water partition coefficient (Wildman–Crippen LogP) is 2.30. The molecule has 3 nitrogen and oxygen atoms in total. The minimum absolute atomic E-state index is 0. The number of rotatable bonds is 4. The van der Waals surface area contributed by atoms with Crippen molar-refractivity contribution in [2.24, 2.45) is 5.73 Å².